The molecule has 2 N–H and O–H groups in total. The number of hydrogen-bond donors (Lipinski definition) is 2. The van der Waals surface area contributed by atoms with Crippen LogP contribution in [0.15, 0.2) is 42.7 Å². The number of halogens is 3. The normalized spacial score (nSPS) is 26.5. The van der Waals surface area contributed by atoms with Crippen LogP contribution in [0, 0.1) is 0 Å². The molecule has 2 aliphatic rings. The van der Waals surface area contributed by atoms with Crippen molar-refractivity contribution in [1.29, 1.82) is 0 Å². The Morgan fingerprint density at radius 3 is 2.34 bits per heavy atom. The van der Waals surface area contributed by atoms with Gasteiger partial charge in [0.15, 0.2) is 5.82 Å². The SMILES string of the molecule is CN(c1ccc(-c2ccc(-c3cnn(C(F)(F)F)c3)cc2O)nn1)[C@H]1C[C@]2(C)CCC[C@](C)(C1)N2. The number of hydrogen-bond acceptors (Lipinski definition) is 6. The molecule has 0 radical (unpaired) electrons. The van der Waals surface area contributed by atoms with Crippen molar-refractivity contribution in [3.05, 3.63) is 42.7 Å². The van der Waals surface area contributed by atoms with Crippen LogP contribution in [0.2, 0.25) is 0 Å². The zero-order valence-electron chi connectivity index (χ0n) is 20.0. The summed E-state index contributed by atoms with van der Waals surface area (Å²) in [5.74, 6) is 0.672. The van der Waals surface area contributed by atoms with E-state index in [0.717, 1.165) is 31.1 Å². The highest BCUT2D eigenvalue weighted by molar-refractivity contribution is 5.74. The smallest absolute Gasteiger partial charge is 0.504 e. The number of piperidine rings is 2. The van der Waals surface area contributed by atoms with Crippen molar-refractivity contribution in [1.82, 2.24) is 25.3 Å². The third-order valence-electron chi connectivity index (χ3n) is 7.44. The third kappa shape index (κ3) is 4.59. The molecule has 0 spiro atoms. The van der Waals surface area contributed by atoms with Crippen LogP contribution in [0.3, 0.4) is 0 Å². The monoisotopic (exact) mass is 486 g/mol. The lowest BCUT2D eigenvalue weighted by molar-refractivity contribution is -0.212. The molecule has 0 unspecified atom stereocenters. The van der Waals surface area contributed by atoms with Gasteiger partial charge in [0.1, 0.15) is 5.75 Å². The van der Waals surface area contributed by atoms with Gasteiger partial charge < -0.3 is 15.3 Å². The Balaban J connectivity index is 1.34. The number of phenolic OH excluding ortho intramolecular Hbond substituents is 1. The molecule has 7 nitrogen and oxygen atoms in total. The molecule has 10 heteroatoms. The Labute approximate surface area is 202 Å². The van der Waals surface area contributed by atoms with E-state index in [1.54, 1.807) is 18.2 Å². The van der Waals surface area contributed by atoms with Crippen molar-refractivity contribution in [2.45, 2.75) is 69.4 Å². The molecule has 2 aliphatic heterocycles. The van der Waals surface area contributed by atoms with Gasteiger partial charge >= 0.3 is 6.30 Å². The second-order valence-electron chi connectivity index (χ2n) is 10.4. The summed E-state index contributed by atoms with van der Waals surface area (Å²) in [6.45, 7) is 4.61. The Morgan fingerprint density at radius 2 is 1.77 bits per heavy atom. The van der Waals surface area contributed by atoms with Gasteiger partial charge in [-0.1, -0.05) is 6.07 Å². The Bertz CT molecular complexity index is 1210. The lowest BCUT2D eigenvalue weighted by atomic mass is 9.69. The first-order valence-electron chi connectivity index (χ1n) is 11.8. The average Bonchev–Trinajstić information content (AvgIpc) is 3.28. The van der Waals surface area contributed by atoms with E-state index in [1.165, 1.54) is 25.3 Å². The minimum absolute atomic E-state index is 0.0652. The Kier molecular flexibility index (Phi) is 5.54. The van der Waals surface area contributed by atoms with Crippen LogP contribution in [-0.4, -0.2) is 49.3 Å². The van der Waals surface area contributed by atoms with Crippen molar-refractivity contribution in [3.63, 3.8) is 0 Å². The van der Waals surface area contributed by atoms with Gasteiger partial charge in [0.25, 0.3) is 0 Å². The lowest BCUT2D eigenvalue weighted by Gasteiger charge is -2.55. The van der Waals surface area contributed by atoms with Crippen molar-refractivity contribution in [2.75, 3.05) is 11.9 Å². The van der Waals surface area contributed by atoms with Gasteiger partial charge in [-0.25, -0.2) is 0 Å². The molecule has 2 bridgehead atoms. The summed E-state index contributed by atoms with van der Waals surface area (Å²) >= 11 is 0. The van der Waals surface area contributed by atoms with Crippen molar-refractivity contribution in [2.24, 2.45) is 0 Å². The predicted octanol–water partition coefficient (Wildman–Crippen LogP) is 5.08. The minimum atomic E-state index is -4.59. The first-order valence-corrected chi connectivity index (χ1v) is 11.8. The maximum Gasteiger partial charge on any atom is 0.504 e. The summed E-state index contributed by atoms with van der Waals surface area (Å²) in [7, 11) is 2.05. The van der Waals surface area contributed by atoms with E-state index >= 15 is 0 Å². The van der Waals surface area contributed by atoms with Crippen molar-refractivity contribution >= 4 is 5.82 Å². The summed E-state index contributed by atoms with van der Waals surface area (Å²) < 4.78 is 38.4. The zero-order chi connectivity index (χ0) is 25.0. The van der Waals surface area contributed by atoms with Gasteiger partial charge in [-0.15, -0.1) is 23.4 Å². The number of rotatable bonds is 4. The number of nitrogens with zero attached hydrogens (tertiary/aromatic N) is 5. The third-order valence-corrected chi connectivity index (χ3v) is 7.44. The highest BCUT2D eigenvalue weighted by Gasteiger charge is 2.46. The second-order valence-corrected chi connectivity index (χ2v) is 10.4. The number of aromatic hydroxyl groups is 1. The molecule has 2 aromatic heterocycles. The molecule has 3 aromatic rings. The molecule has 3 atom stereocenters. The Morgan fingerprint density at radius 1 is 1.06 bits per heavy atom. The van der Waals surface area contributed by atoms with Gasteiger partial charge in [-0.2, -0.15) is 9.78 Å². The van der Waals surface area contributed by atoms with Crippen LogP contribution in [0.25, 0.3) is 22.4 Å². The summed E-state index contributed by atoms with van der Waals surface area (Å²) in [5.41, 5.74) is 1.86. The summed E-state index contributed by atoms with van der Waals surface area (Å²) in [6, 6.07) is 8.70. The maximum atomic E-state index is 12.8. The first kappa shape index (κ1) is 23.6. The standard InChI is InChI=1S/C25H29F3N6O/c1-23-9-4-10-24(2,32-23)13-18(12-23)33(3)22-8-7-20(30-31-22)19-6-5-16(11-21(19)35)17-14-29-34(15-17)25(26,27)28/h5-8,11,14-15,18,32,35H,4,9-10,12-13H2,1-3H3/t18-,23-,24+. The van der Waals surface area contributed by atoms with E-state index in [1.807, 2.05) is 6.07 Å². The maximum absolute atomic E-state index is 12.8. The number of benzene rings is 1. The van der Waals surface area contributed by atoms with E-state index in [2.05, 4.69) is 46.4 Å². The quantitative estimate of drug-likeness (QED) is 0.536. The fourth-order valence-corrected chi connectivity index (χ4v) is 5.80. The fraction of sp³-hybridized carbons (Fsp3) is 0.480. The van der Waals surface area contributed by atoms with Gasteiger partial charge in [0.2, 0.25) is 0 Å². The highest BCUT2D eigenvalue weighted by Crippen LogP contribution is 2.42. The van der Waals surface area contributed by atoms with Gasteiger partial charge in [-0.05, 0) is 75.8 Å². The number of aromatic nitrogens is 4. The average molecular weight is 487 g/mol. The Hall–Kier alpha value is -3.14. The van der Waals surface area contributed by atoms with E-state index in [4.69, 9.17) is 0 Å². The zero-order valence-corrected chi connectivity index (χ0v) is 20.0. The molecule has 186 valence electrons. The summed E-state index contributed by atoms with van der Waals surface area (Å²) in [4.78, 5) is 2.20. The highest BCUT2D eigenvalue weighted by atomic mass is 19.4. The molecule has 0 amide bonds. The minimum Gasteiger partial charge on any atom is -0.507 e. The van der Waals surface area contributed by atoms with Crippen LogP contribution in [0.5, 0.6) is 5.75 Å². The molecule has 0 saturated carbocycles. The van der Waals surface area contributed by atoms with Gasteiger partial charge in [0.05, 0.1) is 11.9 Å². The molecule has 5 rings (SSSR count). The largest absolute Gasteiger partial charge is 0.507 e. The molecule has 1 aromatic carbocycles. The topological polar surface area (TPSA) is 79.1 Å². The second kappa shape index (κ2) is 8.22. The number of anilines is 1. The van der Waals surface area contributed by atoms with Crippen molar-refractivity contribution < 1.29 is 18.3 Å². The van der Waals surface area contributed by atoms with Crippen molar-refractivity contribution in [3.8, 4) is 28.1 Å². The van der Waals surface area contributed by atoms with E-state index in [0.29, 0.717) is 22.9 Å². The van der Waals surface area contributed by atoms with Crippen LogP contribution < -0.4 is 10.2 Å². The van der Waals surface area contributed by atoms with E-state index in [9.17, 15) is 18.3 Å². The van der Waals surface area contributed by atoms with E-state index < -0.39 is 6.30 Å². The molecule has 4 heterocycles. The van der Waals surface area contributed by atoms with E-state index in [-0.39, 0.29) is 27.1 Å². The summed E-state index contributed by atoms with van der Waals surface area (Å²) in [6.07, 6.45) is 3.07. The predicted molar refractivity (Wildman–Crippen MR) is 127 cm³/mol. The fourth-order valence-electron chi connectivity index (χ4n) is 5.80. The molecular formula is C25H29F3N6O. The van der Waals surface area contributed by atoms with Gasteiger partial charge in [0, 0.05) is 41.5 Å². The van der Waals surface area contributed by atoms with Crippen LogP contribution in [-0.2, 0) is 6.30 Å². The van der Waals surface area contributed by atoms with Crippen LogP contribution in [0.4, 0.5) is 19.0 Å². The number of phenols is 1. The molecular weight excluding hydrogens is 457 g/mol. The first-order chi connectivity index (χ1) is 16.4. The molecule has 35 heavy (non-hydrogen) atoms. The molecule has 2 fully saturated rings. The number of nitrogens with one attached hydrogen (secondary N) is 1. The van der Waals surface area contributed by atoms with Gasteiger partial charge in [-0.3, -0.25) is 0 Å². The van der Waals surface area contributed by atoms with Crippen LogP contribution >= 0.6 is 0 Å². The number of alkyl halides is 3. The molecule has 2 saturated heterocycles. The summed E-state index contributed by atoms with van der Waals surface area (Å²) in [5, 5.41) is 26.5. The number of fused-ring (bicyclic) bond motifs is 2. The van der Waals surface area contributed by atoms with Crippen LogP contribution in [0.1, 0.15) is 46.0 Å². The lowest BCUT2D eigenvalue weighted by Crippen LogP contribution is -2.66. The molecule has 0 aliphatic carbocycles.